The molecule has 1 aliphatic rings. The molecule has 0 aliphatic carbocycles. The molecule has 0 saturated heterocycles. The van der Waals surface area contributed by atoms with Crippen molar-refractivity contribution in [3.05, 3.63) is 29.5 Å². The minimum atomic E-state index is -2.40. The molecule has 0 bridgehead atoms. The van der Waals surface area contributed by atoms with E-state index < -0.39 is 5.08 Å². The zero-order chi connectivity index (χ0) is 10.9. The zero-order valence-electron chi connectivity index (χ0n) is 8.13. The summed E-state index contributed by atoms with van der Waals surface area (Å²) in [5, 5.41) is 30.9. The highest BCUT2D eigenvalue weighted by atomic mass is 17.1. The fraction of sp³-hybridized carbons (Fsp3) is 0.333. The molecule has 1 heterocycles. The van der Waals surface area contributed by atoms with Crippen LogP contribution in [-0.4, -0.2) is 28.6 Å². The van der Waals surface area contributed by atoms with Crippen LogP contribution in [0.4, 0.5) is 11.4 Å². The zero-order valence-corrected chi connectivity index (χ0v) is 8.13. The third-order valence-electron chi connectivity index (χ3n) is 2.36. The third kappa shape index (κ3) is 2.02. The number of quaternary nitrogens is 1. The Kier molecular flexibility index (Phi) is 2.49. The Morgan fingerprint density at radius 2 is 2.07 bits per heavy atom. The fourth-order valence-electron chi connectivity index (χ4n) is 1.69. The predicted molar refractivity (Wildman–Crippen MR) is 54.1 cm³/mol. The van der Waals surface area contributed by atoms with E-state index in [1.54, 1.807) is 18.2 Å². The molecule has 82 valence electrons. The van der Waals surface area contributed by atoms with Gasteiger partial charge in [-0.25, -0.2) is 0 Å². The van der Waals surface area contributed by atoms with Crippen LogP contribution < -0.4 is 10.3 Å². The van der Waals surface area contributed by atoms with Crippen molar-refractivity contribution in [2.45, 2.75) is 6.42 Å². The Balaban J connectivity index is 2.41. The maximum Gasteiger partial charge on any atom is 0.119 e. The minimum Gasteiger partial charge on any atom is -0.537 e. The van der Waals surface area contributed by atoms with Gasteiger partial charge in [0.05, 0.1) is 12.2 Å². The second kappa shape index (κ2) is 3.67. The van der Waals surface area contributed by atoms with E-state index >= 15 is 0 Å². The Bertz CT molecular complexity index is 351. The molecular formula is C9H13N3O3. The minimum absolute atomic E-state index is 0.292. The van der Waals surface area contributed by atoms with Gasteiger partial charge >= 0.3 is 0 Å². The summed E-state index contributed by atoms with van der Waals surface area (Å²) in [5.74, 6) is 0. The van der Waals surface area contributed by atoms with Crippen molar-refractivity contribution in [1.82, 2.24) is 0 Å². The molecule has 2 rings (SSSR count). The third-order valence-corrected chi connectivity index (χ3v) is 2.36. The molecule has 6 heteroatoms. The van der Waals surface area contributed by atoms with E-state index in [9.17, 15) is 5.21 Å². The number of hydrogen-bond donors (Lipinski definition) is 3. The van der Waals surface area contributed by atoms with Gasteiger partial charge in [-0.15, -0.1) is 0 Å². The first-order valence-corrected chi connectivity index (χ1v) is 4.75. The molecular weight excluding hydrogens is 198 g/mol. The summed E-state index contributed by atoms with van der Waals surface area (Å²) in [6.07, 6.45) is 0.665. The van der Waals surface area contributed by atoms with Crippen molar-refractivity contribution in [1.29, 1.82) is 0 Å². The van der Waals surface area contributed by atoms with Gasteiger partial charge in [0, 0.05) is 11.6 Å². The number of nitrogens with zero attached hydrogens (tertiary/aromatic N) is 2. The van der Waals surface area contributed by atoms with Gasteiger partial charge in [-0.2, -0.15) is 15.4 Å². The predicted octanol–water partition coefficient (Wildman–Crippen LogP) is 1.32. The van der Waals surface area contributed by atoms with Gasteiger partial charge in [0.1, 0.15) is 5.69 Å². The second-order valence-electron chi connectivity index (χ2n) is 3.43. The van der Waals surface area contributed by atoms with Gasteiger partial charge < -0.3 is 10.5 Å². The van der Waals surface area contributed by atoms with Crippen LogP contribution in [0.2, 0.25) is 0 Å². The lowest BCUT2D eigenvalue weighted by Gasteiger charge is -2.35. The van der Waals surface area contributed by atoms with Crippen LogP contribution in [0.15, 0.2) is 24.3 Å². The number of anilines is 2. The molecule has 0 atom stereocenters. The lowest BCUT2D eigenvalue weighted by Crippen LogP contribution is -2.52. The maximum absolute atomic E-state index is 11.1. The van der Waals surface area contributed by atoms with E-state index in [0.717, 1.165) is 10.7 Å². The van der Waals surface area contributed by atoms with Crippen molar-refractivity contribution in [2.24, 2.45) is 0 Å². The molecule has 0 fully saturated rings. The van der Waals surface area contributed by atoms with E-state index in [1.165, 1.54) is 0 Å². The SMILES string of the molecule is [O-][N+](O)(O)N1CCCNc2ccccc21. The first-order valence-electron chi connectivity index (χ1n) is 4.75. The number of hydrogen-bond acceptors (Lipinski definition) is 5. The summed E-state index contributed by atoms with van der Waals surface area (Å²) in [6, 6.07) is 7.03. The molecule has 0 radical (unpaired) electrons. The van der Waals surface area contributed by atoms with E-state index in [-0.39, 0.29) is 0 Å². The molecule has 1 aliphatic heterocycles. The first kappa shape index (κ1) is 10.2. The smallest absolute Gasteiger partial charge is 0.119 e. The average molecular weight is 211 g/mol. The van der Waals surface area contributed by atoms with Crippen molar-refractivity contribution in [3.63, 3.8) is 0 Å². The Morgan fingerprint density at radius 1 is 1.33 bits per heavy atom. The fourth-order valence-corrected chi connectivity index (χ4v) is 1.69. The maximum atomic E-state index is 11.1. The normalized spacial score (nSPS) is 16.6. The van der Waals surface area contributed by atoms with Gasteiger partial charge in [-0.05, 0) is 18.6 Å². The number of fused-ring (bicyclic) bond motifs is 1. The van der Waals surface area contributed by atoms with Gasteiger partial charge in [-0.1, -0.05) is 12.1 Å². The summed E-state index contributed by atoms with van der Waals surface area (Å²) in [6.45, 7) is 0.994. The van der Waals surface area contributed by atoms with Crippen LogP contribution >= 0.6 is 0 Å². The number of para-hydroxylation sites is 2. The monoisotopic (exact) mass is 211 g/mol. The van der Waals surface area contributed by atoms with Crippen molar-refractivity contribution in [3.8, 4) is 0 Å². The van der Waals surface area contributed by atoms with Crippen LogP contribution in [0.25, 0.3) is 0 Å². The first-order chi connectivity index (χ1) is 7.09. The molecule has 3 N–H and O–H groups in total. The largest absolute Gasteiger partial charge is 0.537 e. The van der Waals surface area contributed by atoms with Crippen LogP contribution in [0, 0.1) is 5.21 Å². The number of rotatable bonds is 1. The van der Waals surface area contributed by atoms with E-state index in [0.29, 0.717) is 25.2 Å². The van der Waals surface area contributed by atoms with Crippen LogP contribution in [0.5, 0.6) is 0 Å². The Morgan fingerprint density at radius 3 is 2.80 bits per heavy atom. The molecule has 0 spiro atoms. The number of nitrogens with one attached hydrogen (secondary N) is 1. The van der Waals surface area contributed by atoms with Crippen molar-refractivity contribution >= 4 is 11.4 Å². The van der Waals surface area contributed by atoms with Gasteiger partial charge in [0.15, 0.2) is 0 Å². The molecule has 0 aromatic heterocycles. The van der Waals surface area contributed by atoms with E-state index in [4.69, 9.17) is 10.4 Å². The van der Waals surface area contributed by atoms with E-state index in [2.05, 4.69) is 5.32 Å². The van der Waals surface area contributed by atoms with Crippen molar-refractivity contribution < 1.29 is 15.5 Å². The molecule has 15 heavy (non-hydrogen) atoms. The average Bonchev–Trinajstić information content (AvgIpc) is 2.38. The lowest BCUT2D eigenvalue weighted by atomic mass is 10.2. The molecule has 0 unspecified atom stereocenters. The second-order valence-corrected chi connectivity index (χ2v) is 3.43. The molecule has 0 saturated carbocycles. The topological polar surface area (TPSA) is 78.8 Å². The highest BCUT2D eigenvalue weighted by Crippen LogP contribution is 2.30. The molecule has 1 aromatic rings. The molecule has 0 amide bonds. The molecule has 1 aromatic carbocycles. The Labute approximate surface area is 87.0 Å². The highest BCUT2D eigenvalue weighted by molar-refractivity contribution is 5.69. The summed E-state index contributed by atoms with van der Waals surface area (Å²) < 4.78 is 0. The number of benzene rings is 1. The Hall–Kier alpha value is -1.34. The van der Waals surface area contributed by atoms with Crippen LogP contribution in [0.1, 0.15) is 6.42 Å². The van der Waals surface area contributed by atoms with Gasteiger partial charge in [0.25, 0.3) is 0 Å². The highest BCUT2D eigenvalue weighted by Gasteiger charge is 2.27. The van der Waals surface area contributed by atoms with Gasteiger partial charge in [0.2, 0.25) is 0 Å². The van der Waals surface area contributed by atoms with Gasteiger partial charge in [-0.3, -0.25) is 0 Å². The quantitative estimate of drug-likeness (QED) is 0.482. The van der Waals surface area contributed by atoms with Crippen molar-refractivity contribution in [2.75, 3.05) is 23.4 Å². The molecule has 6 nitrogen and oxygen atoms in total. The van der Waals surface area contributed by atoms with Crippen LogP contribution in [0.3, 0.4) is 0 Å². The van der Waals surface area contributed by atoms with Crippen LogP contribution in [-0.2, 0) is 0 Å². The summed E-state index contributed by atoms with van der Waals surface area (Å²) in [5.41, 5.74) is 1.23. The van der Waals surface area contributed by atoms with E-state index in [1.807, 2.05) is 6.07 Å². The summed E-state index contributed by atoms with van der Waals surface area (Å²) in [7, 11) is 0. The summed E-state index contributed by atoms with van der Waals surface area (Å²) in [4.78, 5) is 0. The lowest BCUT2D eigenvalue weighted by molar-refractivity contribution is -1.22. The summed E-state index contributed by atoms with van der Waals surface area (Å²) >= 11 is 0. The standard InChI is InChI=1S/C9H13N3O3/c13-12(14,15)11-7-3-6-10-8-4-1-2-5-9(8)11/h1-2,4-5,10,13-14H,3,6-7H2.